The van der Waals surface area contributed by atoms with Gasteiger partial charge in [-0.15, -0.1) is 0 Å². The zero-order valence-corrected chi connectivity index (χ0v) is 13.1. The molecule has 0 amide bonds. The van der Waals surface area contributed by atoms with E-state index in [2.05, 4.69) is 48.0 Å². The predicted octanol–water partition coefficient (Wildman–Crippen LogP) is 4.62. The van der Waals surface area contributed by atoms with Gasteiger partial charge in [-0.25, -0.2) is 0 Å². The molecule has 0 radical (unpaired) electrons. The molecule has 1 N–H and O–H groups in total. The molecule has 2 aromatic carbocycles. The van der Waals surface area contributed by atoms with E-state index < -0.39 is 6.10 Å². The van der Waals surface area contributed by atoms with Crippen molar-refractivity contribution in [2.24, 2.45) is 0 Å². The summed E-state index contributed by atoms with van der Waals surface area (Å²) in [5, 5.41) is 10.3. The number of aryl methyl sites for hydroxylation is 2. The molecule has 1 aliphatic heterocycles. The molecule has 3 heteroatoms. The predicted molar refractivity (Wildman–Crippen MR) is 83.0 cm³/mol. The van der Waals surface area contributed by atoms with Crippen molar-refractivity contribution in [1.82, 2.24) is 0 Å². The van der Waals surface area contributed by atoms with Crippen molar-refractivity contribution in [1.29, 1.82) is 0 Å². The first-order chi connectivity index (χ1) is 9.54. The van der Waals surface area contributed by atoms with Gasteiger partial charge in [0.05, 0.1) is 6.10 Å². The fourth-order valence-electron chi connectivity index (χ4n) is 2.79. The van der Waals surface area contributed by atoms with Crippen LogP contribution in [0.1, 0.15) is 40.9 Å². The highest BCUT2D eigenvalue weighted by molar-refractivity contribution is 9.10. The fraction of sp³-hybridized carbons (Fsp3) is 0.294. The van der Waals surface area contributed by atoms with Crippen molar-refractivity contribution in [3.8, 4) is 5.75 Å². The van der Waals surface area contributed by atoms with Crippen LogP contribution in [0.25, 0.3) is 0 Å². The standard InChI is InChI=1S/C17H17BrO2/c1-10-3-5-13(11(2)7-10)17-9-15(19)14-6-4-12(18)8-16(14)20-17/h3-8,15,17,19H,9H2,1-2H3/t15-,17?/m0/s1. The quantitative estimate of drug-likeness (QED) is 0.825. The summed E-state index contributed by atoms with van der Waals surface area (Å²) < 4.78 is 7.06. The largest absolute Gasteiger partial charge is 0.485 e. The second-order valence-corrected chi connectivity index (χ2v) is 6.32. The van der Waals surface area contributed by atoms with Crippen molar-refractivity contribution in [3.05, 3.63) is 63.1 Å². The molecule has 0 spiro atoms. The van der Waals surface area contributed by atoms with Gasteiger partial charge in [0.25, 0.3) is 0 Å². The number of fused-ring (bicyclic) bond motifs is 1. The topological polar surface area (TPSA) is 29.5 Å². The summed E-state index contributed by atoms with van der Waals surface area (Å²) in [6.45, 7) is 4.17. The van der Waals surface area contributed by atoms with E-state index in [1.165, 1.54) is 11.1 Å². The van der Waals surface area contributed by atoms with E-state index in [1.54, 1.807) is 0 Å². The summed E-state index contributed by atoms with van der Waals surface area (Å²) in [5.74, 6) is 0.767. The number of halogens is 1. The van der Waals surface area contributed by atoms with Gasteiger partial charge >= 0.3 is 0 Å². The molecule has 0 saturated heterocycles. The molecule has 0 aliphatic carbocycles. The molecule has 0 bridgehead atoms. The molecule has 2 atom stereocenters. The first-order valence-corrected chi connectivity index (χ1v) is 7.55. The molecule has 1 aliphatic rings. The van der Waals surface area contributed by atoms with E-state index in [0.717, 1.165) is 21.3 Å². The highest BCUT2D eigenvalue weighted by atomic mass is 79.9. The van der Waals surface area contributed by atoms with Crippen molar-refractivity contribution in [2.45, 2.75) is 32.5 Å². The number of hydrogen-bond donors (Lipinski definition) is 1. The van der Waals surface area contributed by atoms with E-state index in [0.29, 0.717) is 6.42 Å². The van der Waals surface area contributed by atoms with Gasteiger partial charge in [0.15, 0.2) is 0 Å². The minimum absolute atomic E-state index is 0.0904. The first kappa shape index (κ1) is 13.7. The SMILES string of the molecule is Cc1ccc(C2C[C@H](O)c3ccc(Br)cc3O2)c(C)c1. The molecule has 3 rings (SSSR count). The summed E-state index contributed by atoms with van der Waals surface area (Å²) in [4.78, 5) is 0. The number of benzene rings is 2. The zero-order valence-electron chi connectivity index (χ0n) is 11.6. The minimum atomic E-state index is -0.474. The summed E-state index contributed by atoms with van der Waals surface area (Å²) in [5.41, 5.74) is 4.47. The van der Waals surface area contributed by atoms with E-state index >= 15 is 0 Å². The fourth-order valence-corrected chi connectivity index (χ4v) is 3.13. The summed E-state index contributed by atoms with van der Waals surface area (Å²) in [6.07, 6.45) is 0.0309. The maximum absolute atomic E-state index is 10.3. The lowest BCUT2D eigenvalue weighted by molar-refractivity contribution is 0.0654. The van der Waals surface area contributed by atoms with Gasteiger partial charge in [-0.3, -0.25) is 0 Å². The lowest BCUT2D eigenvalue weighted by atomic mass is 9.92. The molecule has 2 aromatic rings. The Hall–Kier alpha value is -1.32. The lowest BCUT2D eigenvalue weighted by Crippen LogP contribution is -2.19. The van der Waals surface area contributed by atoms with Crippen LogP contribution in [0.4, 0.5) is 0 Å². The van der Waals surface area contributed by atoms with Crippen LogP contribution in [0.15, 0.2) is 40.9 Å². The average Bonchev–Trinajstić information content (AvgIpc) is 2.37. The van der Waals surface area contributed by atoms with Gasteiger partial charge in [-0.05, 0) is 37.1 Å². The summed E-state index contributed by atoms with van der Waals surface area (Å²) >= 11 is 3.45. The highest BCUT2D eigenvalue weighted by Gasteiger charge is 2.28. The Morgan fingerprint density at radius 1 is 1.10 bits per heavy atom. The third-order valence-corrected chi connectivity index (χ3v) is 4.31. The van der Waals surface area contributed by atoms with Crippen LogP contribution in [0.2, 0.25) is 0 Å². The Bertz CT molecular complexity index is 651. The molecule has 1 heterocycles. The molecule has 0 saturated carbocycles. The van der Waals surface area contributed by atoms with Crippen LogP contribution in [0.3, 0.4) is 0 Å². The van der Waals surface area contributed by atoms with Gasteiger partial charge in [-0.2, -0.15) is 0 Å². The van der Waals surface area contributed by atoms with Crippen LogP contribution in [-0.4, -0.2) is 5.11 Å². The van der Waals surface area contributed by atoms with Crippen LogP contribution in [0, 0.1) is 13.8 Å². The molecule has 0 aromatic heterocycles. The molecule has 0 fully saturated rings. The Balaban J connectivity index is 1.98. The number of rotatable bonds is 1. The average molecular weight is 333 g/mol. The van der Waals surface area contributed by atoms with Crippen LogP contribution in [0.5, 0.6) is 5.75 Å². The van der Waals surface area contributed by atoms with Crippen molar-refractivity contribution < 1.29 is 9.84 Å². The third-order valence-electron chi connectivity index (χ3n) is 3.81. The number of hydrogen-bond acceptors (Lipinski definition) is 2. The smallest absolute Gasteiger partial charge is 0.127 e. The van der Waals surface area contributed by atoms with Gasteiger partial charge in [0.1, 0.15) is 11.9 Å². The molecule has 20 heavy (non-hydrogen) atoms. The lowest BCUT2D eigenvalue weighted by Gasteiger charge is -2.31. The third kappa shape index (κ3) is 2.48. The molecule has 104 valence electrons. The van der Waals surface area contributed by atoms with Crippen molar-refractivity contribution in [2.75, 3.05) is 0 Å². The van der Waals surface area contributed by atoms with Gasteiger partial charge < -0.3 is 9.84 Å². The minimum Gasteiger partial charge on any atom is -0.485 e. The second kappa shape index (κ2) is 5.23. The number of aliphatic hydroxyl groups excluding tert-OH is 1. The zero-order chi connectivity index (χ0) is 14.3. The monoisotopic (exact) mass is 332 g/mol. The summed E-state index contributed by atoms with van der Waals surface area (Å²) in [6, 6.07) is 12.1. The maximum atomic E-state index is 10.3. The first-order valence-electron chi connectivity index (χ1n) is 6.76. The van der Waals surface area contributed by atoms with Crippen LogP contribution >= 0.6 is 15.9 Å². The van der Waals surface area contributed by atoms with Gasteiger partial charge in [-0.1, -0.05) is 45.8 Å². The van der Waals surface area contributed by atoms with E-state index in [-0.39, 0.29) is 6.10 Å². The van der Waals surface area contributed by atoms with Gasteiger partial charge in [0, 0.05) is 16.5 Å². The van der Waals surface area contributed by atoms with Crippen LogP contribution in [-0.2, 0) is 0 Å². The van der Waals surface area contributed by atoms with Gasteiger partial charge in [0.2, 0.25) is 0 Å². The second-order valence-electron chi connectivity index (χ2n) is 5.40. The molecule has 1 unspecified atom stereocenters. The van der Waals surface area contributed by atoms with E-state index in [9.17, 15) is 5.11 Å². The normalized spacial score (nSPS) is 21.2. The summed E-state index contributed by atoms with van der Waals surface area (Å²) in [7, 11) is 0. The van der Waals surface area contributed by atoms with Crippen LogP contribution < -0.4 is 4.74 Å². The van der Waals surface area contributed by atoms with Crippen molar-refractivity contribution >= 4 is 15.9 Å². The molecular weight excluding hydrogens is 316 g/mol. The Labute approximate surface area is 127 Å². The van der Waals surface area contributed by atoms with E-state index in [4.69, 9.17) is 4.74 Å². The maximum Gasteiger partial charge on any atom is 0.127 e. The molecular formula is C17H17BrO2. The Morgan fingerprint density at radius 2 is 1.85 bits per heavy atom. The van der Waals surface area contributed by atoms with Crippen molar-refractivity contribution in [3.63, 3.8) is 0 Å². The highest BCUT2D eigenvalue weighted by Crippen LogP contribution is 2.42. The Kier molecular flexibility index (Phi) is 3.57. The molecule has 2 nitrogen and oxygen atoms in total. The van der Waals surface area contributed by atoms with E-state index in [1.807, 2.05) is 18.2 Å². The number of aliphatic hydroxyl groups is 1. The Morgan fingerprint density at radius 3 is 2.60 bits per heavy atom. The number of ether oxygens (including phenoxy) is 1.